The smallest absolute Gasteiger partial charge is 0.124 e. The first-order chi connectivity index (χ1) is 9.10. The molecule has 19 heavy (non-hydrogen) atoms. The molecule has 1 atom stereocenters. The second-order valence-corrected chi connectivity index (χ2v) is 5.53. The Balaban J connectivity index is 2.19. The van der Waals surface area contributed by atoms with Crippen molar-refractivity contribution in [2.75, 3.05) is 12.4 Å². The lowest BCUT2D eigenvalue weighted by molar-refractivity contribution is 0.407. The zero-order valence-corrected chi connectivity index (χ0v) is 13.0. The molecule has 2 rings (SSSR count). The standard InChI is InChI=1S/C16H18BrNO/c1-11-4-9-15(16(10-11)19-3)12(2)18-14-7-5-13(17)6-8-14/h4-10,12,18H,1-3H3. The van der Waals surface area contributed by atoms with Crippen LogP contribution in [0, 0.1) is 6.92 Å². The molecule has 2 nitrogen and oxygen atoms in total. The molecule has 0 radical (unpaired) electrons. The summed E-state index contributed by atoms with van der Waals surface area (Å²) < 4.78 is 6.54. The number of hydrogen-bond acceptors (Lipinski definition) is 2. The van der Waals surface area contributed by atoms with Gasteiger partial charge in [0.25, 0.3) is 0 Å². The van der Waals surface area contributed by atoms with Crippen LogP contribution in [0.5, 0.6) is 5.75 Å². The quantitative estimate of drug-likeness (QED) is 0.861. The van der Waals surface area contributed by atoms with Gasteiger partial charge in [-0.25, -0.2) is 0 Å². The number of nitrogens with one attached hydrogen (secondary N) is 1. The highest BCUT2D eigenvalue weighted by Crippen LogP contribution is 2.29. The molecule has 2 aromatic carbocycles. The Bertz CT molecular complexity index is 551. The number of anilines is 1. The molecule has 2 aromatic rings. The van der Waals surface area contributed by atoms with E-state index in [1.165, 1.54) is 5.56 Å². The van der Waals surface area contributed by atoms with E-state index in [9.17, 15) is 0 Å². The summed E-state index contributed by atoms with van der Waals surface area (Å²) in [6.07, 6.45) is 0. The van der Waals surface area contributed by atoms with Gasteiger partial charge in [-0.2, -0.15) is 0 Å². The number of aryl methyl sites for hydroxylation is 1. The maximum atomic E-state index is 5.46. The third-order valence-electron chi connectivity index (χ3n) is 3.08. The summed E-state index contributed by atoms with van der Waals surface area (Å²) in [6.45, 7) is 4.20. The molecule has 3 heteroatoms. The van der Waals surface area contributed by atoms with Gasteiger partial charge in [-0.15, -0.1) is 0 Å². The SMILES string of the molecule is COc1cc(C)ccc1C(C)Nc1ccc(Br)cc1. The van der Waals surface area contributed by atoms with Gasteiger partial charge in [-0.3, -0.25) is 0 Å². The van der Waals surface area contributed by atoms with E-state index in [2.05, 4.69) is 65.4 Å². The topological polar surface area (TPSA) is 21.3 Å². The number of ether oxygens (including phenoxy) is 1. The van der Waals surface area contributed by atoms with Gasteiger partial charge in [0.1, 0.15) is 5.75 Å². The molecule has 0 saturated heterocycles. The largest absolute Gasteiger partial charge is 0.496 e. The molecule has 0 amide bonds. The molecule has 0 heterocycles. The summed E-state index contributed by atoms with van der Waals surface area (Å²) in [5, 5.41) is 3.48. The fourth-order valence-electron chi connectivity index (χ4n) is 2.05. The van der Waals surface area contributed by atoms with Crippen molar-refractivity contribution in [1.29, 1.82) is 0 Å². The molecule has 100 valence electrons. The number of hydrogen-bond donors (Lipinski definition) is 1. The van der Waals surface area contributed by atoms with Gasteiger partial charge in [-0.1, -0.05) is 28.1 Å². The predicted octanol–water partition coefficient (Wildman–Crippen LogP) is 4.94. The Hall–Kier alpha value is -1.48. The monoisotopic (exact) mass is 319 g/mol. The first kappa shape index (κ1) is 13.9. The zero-order chi connectivity index (χ0) is 13.8. The minimum absolute atomic E-state index is 0.191. The Morgan fingerprint density at radius 1 is 1.11 bits per heavy atom. The molecule has 0 bridgehead atoms. The number of rotatable bonds is 4. The van der Waals surface area contributed by atoms with Crippen LogP contribution in [0.15, 0.2) is 46.9 Å². The van der Waals surface area contributed by atoms with Crippen molar-refractivity contribution in [3.8, 4) is 5.75 Å². The van der Waals surface area contributed by atoms with E-state index in [4.69, 9.17) is 4.74 Å². The Morgan fingerprint density at radius 2 is 1.79 bits per heavy atom. The molecule has 0 fully saturated rings. The normalized spacial score (nSPS) is 12.0. The average Bonchev–Trinajstić information content (AvgIpc) is 2.41. The van der Waals surface area contributed by atoms with Crippen LogP contribution >= 0.6 is 15.9 Å². The van der Waals surface area contributed by atoms with Crippen molar-refractivity contribution >= 4 is 21.6 Å². The van der Waals surface area contributed by atoms with Gasteiger partial charge in [-0.05, 0) is 49.7 Å². The molecule has 0 saturated carbocycles. The second-order valence-electron chi connectivity index (χ2n) is 4.62. The van der Waals surface area contributed by atoms with E-state index in [-0.39, 0.29) is 6.04 Å². The van der Waals surface area contributed by atoms with Crippen LogP contribution in [0.25, 0.3) is 0 Å². The van der Waals surface area contributed by atoms with Crippen molar-refractivity contribution in [3.63, 3.8) is 0 Å². The van der Waals surface area contributed by atoms with Crippen LogP contribution in [0.3, 0.4) is 0 Å². The predicted molar refractivity (Wildman–Crippen MR) is 83.9 cm³/mol. The summed E-state index contributed by atoms with van der Waals surface area (Å²) in [7, 11) is 1.71. The van der Waals surface area contributed by atoms with E-state index < -0.39 is 0 Å². The first-order valence-corrected chi connectivity index (χ1v) is 7.06. The Morgan fingerprint density at radius 3 is 2.42 bits per heavy atom. The van der Waals surface area contributed by atoms with Crippen LogP contribution in [-0.4, -0.2) is 7.11 Å². The van der Waals surface area contributed by atoms with Crippen LogP contribution in [0.2, 0.25) is 0 Å². The van der Waals surface area contributed by atoms with Gasteiger partial charge in [0.15, 0.2) is 0 Å². The Kier molecular flexibility index (Phi) is 4.48. The number of benzene rings is 2. The van der Waals surface area contributed by atoms with Gasteiger partial charge >= 0.3 is 0 Å². The van der Waals surface area contributed by atoms with Crippen molar-refractivity contribution in [2.45, 2.75) is 19.9 Å². The fraction of sp³-hybridized carbons (Fsp3) is 0.250. The molecule has 0 aliphatic heterocycles. The molecular formula is C16H18BrNO. The lowest BCUT2D eigenvalue weighted by Crippen LogP contribution is -2.08. The van der Waals surface area contributed by atoms with E-state index in [0.29, 0.717) is 0 Å². The summed E-state index contributed by atoms with van der Waals surface area (Å²) in [4.78, 5) is 0. The number of halogens is 1. The third-order valence-corrected chi connectivity index (χ3v) is 3.61. The van der Waals surface area contributed by atoms with E-state index in [1.807, 2.05) is 12.1 Å². The van der Waals surface area contributed by atoms with Crippen molar-refractivity contribution in [3.05, 3.63) is 58.1 Å². The van der Waals surface area contributed by atoms with Crippen LogP contribution < -0.4 is 10.1 Å². The van der Waals surface area contributed by atoms with Gasteiger partial charge in [0.05, 0.1) is 13.2 Å². The molecule has 0 aliphatic rings. The van der Waals surface area contributed by atoms with E-state index in [0.717, 1.165) is 21.5 Å². The maximum absolute atomic E-state index is 5.46. The molecular weight excluding hydrogens is 302 g/mol. The lowest BCUT2D eigenvalue weighted by atomic mass is 10.0. The fourth-order valence-corrected chi connectivity index (χ4v) is 2.31. The Labute approximate surface area is 122 Å². The molecule has 0 aromatic heterocycles. The van der Waals surface area contributed by atoms with Crippen LogP contribution in [-0.2, 0) is 0 Å². The van der Waals surface area contributed by atoms with E-state index >= 15 is 0 Å². The van der Waals surface area contributed by atoms with Gasteiger partial charge in [0, 0.05) is 15.7 Å². The van der Waals surface area contributed by atoms with Crippen LogP contribution in [0.4, 0.5) is 5.69 Å². The zero-order valence-electron chi connectivity index (χ0n) is 11.4. The van der Waals surface area contributed by atoms with Gasteiger partial charge in [0.2, 0.25) is 0 Å². The maximum Gasteiger partial charge on any atom is 0.124 e. The average molecular weight is 320 g/mol. The van der Waals surface area contributed by atoms with Gasteiger partial charge < -0.3 is 10.1 Å². The minimum atomic E-state index is 0.191. The number of methoxy groups -OCH3 is 1. The van der Waals surface area contributed by atoms with Crippen molar-refractivity contribution < 1.29 is 4.74 Å². The minimum Gasteiger partial charge on any atom is -0.496 e. The highest BCUT2D eigenvalue weighted by atomic mass is 79.9. The summed E-state index contributed by atoms with van der Waals surface area (Å²) >= 11 is 3.44. The van der Waals surface area contributed by atoms with E-state index in [1.54, 1.807) is 7.11 Å². The highest BCUT2D eigenvalue weighted by Gasteiger charge is 2.11. The summed E-state index contributed by atoms with van der Waals surface area (Å²) in [5.74, 6) is 0.928. The third kappa shape index (κ3) is 3.51. The molecule has 0 aliphatic carbocycles. The molecule has 1 N–H and O–H groups in total. The second kappa shape index (κ2) is 6.11. The summed E-state index contributed by atoms with van der Waals surface area (Å²) in [6, 6.07) is 14.7. The van der Waals surface area contributed by atoms with Crippen LogP contribution in [0.1, 0.15) is 24.1 Å². The summed E-state index contributed by atoms with van der Waals surface area (Å²) in [5.41, 5.74) is 3.46. The lowest BCUT2D eigenvalue weighted by Gasteiger charge is -2.19. The highest BCUT2D eigenvalue weighted by molar-refractivity contribution is 9.10. The van der Waals surface area contributed by atoms with Crippen molar-refractivity contribution in [2.24, 2.45) is 0 Å². The molecule has 0 spiro atoms. The van der Waals surface area contributed by atoms with Crippen molar-refractivity contribution in [1.82, 2.24) is 0 Å². The molecule has 1 unspecified atom stereocenters. The first-order valence-electron chi connectivity index (χ1n) is 6.27.